The van der Waals surface area contributed by atoms with E-state index in [1.165, 1.54) is 0 Å². The van der Waals surface area contributed by atoms with Crippen molar-refractivity contribution in [2.24, 2.45) is 0 Å². The Morgan fingerprint density at radius 1 is 1.47 bits per heavy atom. The van der Waals surface area contributed by atoms with Gasteiger partial charge in [0.15, 0.2) is 0 Å². The van der Waals surface area contributed by atoms with Crippen molar-refractivity contribution in [3.63, 3.8) is 0 Å². The van der Waals surface area contributed by atoms with Crippen LogP contribution in [0.3, 0.4) is 0 Å². The molecule has 0 saturated carbocycles. The summed E-state index contributed by atoms with van der Waals surface area (Å²) in [6, 6.07) is -0.0394. The molecular weight excluding hydrogens is 220 g/mol. The molecule has 1 saturated heterocycles. The van der Waals surface area contributed by atoms with E-state index in [4.69, 9.17) is 4.74 Å². The average molecular weight is 244 g/mol. The number of carbonyl (C=O) groups excluding carboxylic acids is 1. The van der Waals surface area contributed by atoms with Crippen molar-refractivity contribution in [2.45, 2.75) is 51.9 Å². The number of nitrogens with zero attached hydrogens (tertiary/aromatic N) is 1. The summed E-state index contributed by atoms with van der Waals surface area (Å²) < 4.78 is 5.27. The number of rotatable bonds is 3. The lowest BCUT2D eigenvalue weighted by atomic mass is 10.2. The van der Waals surface area contributed by atoms with E-state index in [1.807, 2.05) is 20.8 Å². The number of amides is 1. The highest BCUT2D eigenvalue weighted by Crippen LogP contribution is 2.15. The third-order valence-corrected chi connectivity index (χ3v) is 2.60. The summed E-state index contributed by atoms with van der Waals surface area (Å²) >= 11 is 0. The number of hydrogen-bond acceptors (Lipinski definition) is 4. The van der Waals surface area contributed by atoms with Crippen LogP contribution in [0.1, 0.15) is 34.1 Å². The molecule has 0 unspecified atom stereocenters. The normalized spacial score (nSPS) is 25.1. The number of hydrogen-bond donors (Lipinski definition) is 2. The fraction of sp³-hybridized carbons (Fsp3) is 0.917. The minimum atomic E-state index is -0.505. The fourth-order valence-electron chi connectivity index (χ4n) is 1.79. The molecule has 5 nitrogen and oxygen atoms in total. The molecule has 1 amide bonds. The quantitative estimate of drug-likeness (QED) is 0.776. The van der Waals surface area contributed by atoms with E-state index in [2.05, 4.69) is 12.2 Å². The van der Waals surface area contributed by atoms with Gasteiger partial charge in [-0.3, -0.25) is 0 Å². The summed E-state index contributed by atoms with van der Waals surface area (Å²) in [5.41, 5.74) is -0.489. The zero-order valence-electron chi connectivity index (χ0n) is 11.2. The molecule has 5 heteroatoms. The molecule has 1 aliphatic heterocycles. The fourth-order valence-corrected chi connectivity index (χ4v) is 1.79. The third-order valence-electron chi connectivity index (χ3n) is 2.60. The van der Waals surface area contributed by atoms with Gasteiger partial charge >= 0.3 is 6.09 Å². The van der Waals surface area contributed by atoms with E-state index in [0.717, 1.165) is 13.0 Å². The molecule has 1 aliphatic rings. The van der Waals surface area contributed by atoms with Crippen LogP contribution >= 0.6 is 0 Å². The number of aliphatic hydroxyl groups excluding tert-OH is 1. The molecule has 0 radical (unpaired) electrons. The molecule has 17 heavy (non-hydrogen) atoms. The first-order valence-electron chi connectivity index (χ1n) is 6.23. The standard InChI is InChI=1S/C12H24N2O3/c1-5-6-13-9-7-14(8-10(9)15)11(16)17-12(2,3)4/h9-10,13,15H,5-8H2,1-4H3/t9-,10-/m1/s1. The Morgan fingerprint density at radius 3 is 2.65 bits per heavy atom. The van der Waals surface area contributed by atoms with Crippen molar-refractivity contribution in [3.8, 4) is 0 Å². The van der Waals surface area contributed by atoms with Gasteiger partial charge in [0, 0.05) is 6.54 Å². The molecule has 0 aromatic carbocycles. The predicted molar refractivity (Wildman–Crippen MR) is 65.9 cm³/mol. The van der Waals surface area contributed by atoms with Crippen molar-refractivity contribution in [2.75, 3.05) is 19.6 Å². The summed E-state index contributed by atoms with van der Waals surface area (Å²) in [4.78, 5) is 13.3. The van der Waals surface area contributed by atoms with Gasteiger partial charge in [0.1, 0.15) is 5.60 Å². The van der Waals surface area contributed by atoms with Crippen molar-refractivity contribution >= 4 is 6.09 Å². The second-order valence-electron chi connectivity index (χ2n) is 5.51. The van der Waals surface area contributed by atoms with Crippen LogP contribution in [0.15, 0.2) is 0 Å². The van der Waals surface area contributed by atoms with E-state index >= 15 is 0 Å². The van der Waals surface area contributed by atoms with Crippen LogP contribution in [0.2, 0.25) is 0 Å². The van der Waals surface area contributed by atoms with Gasteiger partial charge in [-0.15, -0.1) is 0 Å². The van der Waals surface area contributed by atoms with Gasteiger partial charge in [-0.2, -0.15) is 0 Å². The maximum Gasteiger partial charge on any atom is 0.410 e. The van der Waals surface area contributed by atoms with Gasteiger partial charge in [-0.1, -0.05) is 6.92 Å². The number of carbonyl (C=O) groups is 1. The lowest BCUT2D eigenvalue weighted by Crippen LogP contribution is -2.40. The minimum Gasteiger partial charge on any atom is -0.444 e. The second kappa shape index (κ2) is 5.69. The molecule has 100 valence electrons. The van der Waals surface area contributed by atoms with E-state index in [9.17, 15) is 9.90 Å². The van der Waals surface area contributed by atoms with Crippen LogP contribution in [0, 0.1) is 0 Å². The Hall–Kier alpha value is -0.810. The van der Waals surface area contributed by atoms with E-state index in [1.54, 1.807) is 4.90 Å². The van der Waals surface area contributed by atoms with Crippen molar-refractivity contribution in [1.82, 2.24) is 10.2 Å². The van der Waals surface area contributed by atoms with Gasteiger partial charge in [0.05, 0.1) is 18.7 Å². The van der Waals surface area contributed by atoms with E-state index < -0.39 is 11.7 Å². The van der Waals surface area contributed by atoms with Crippen molar-refractivity contribution in [3.05, 3.63) is 0 Å². The summed E-state index contributed by atoms with van der Waals surface area (Å²) in [6.07, 6.45) is 0.154. The Labute approximate surface area is 103 Å². The topological polar surface area (TPSA) is 61.8 Å². The Bertz CT molecular complexity index is 263. The average Bonchev–Trinajstić information content (AvgIpc) is 2.54. The lowest BCUT2D eigenvalue weighted by molar-refractivity contribution is 0.0270. The maximum atomic E-state index is 11.8. The highest BCUT2D eigenvalue weighted by Gasteiger charge is 2.35. The summed E-state index contributed by atoms with van der Waals surface area (Å²) in [6.45, 7) is 9.29. The van der Waals surface area contributed by atoms with Crippen LogP contribution in [-0.2, 0) is 4.74 Å². The van der Waals surface area contributed by atoms with Crippen molar-refractivity contribution in [1.29, 1.82) is 0 Å². The van der Waals surface area contributed by atoms with Crippen LogP contribution in [0.5, 0.6) is 0 Å². The Morgan fingerprint density at radius 2 is 2.12 bits per heavy atom. The molecular formula is C12H24N2O3. The summed E-state index contributed by atoms with van der Waals surface area (Å²) in [7, 11) is 0. The lowest BCUT2D eigenvalue weighted by Gasteiger charge is -2.24. The zero-order valence-corrected chi connectivity index (χ0v) is 11.2. The first kappa shape index (κ1) is 14.3. The van der Waals surface area contributed by atoms with Crippen LogP contribution in [0.4, 0.5) is 4.79 Å². The van der Waals surface area contributed by atoms with Gasteiger partial charge in [0.25, 0.3) is 0 Å². The maximum absolute atomic E-state index is 11.8. The third kappa shape index (κ3) is 4.52. The molecule has 1 rings (SSSR count). The summed E-state index contributed by atoms with van der Waals surface area (Å²) in [5, 5.41) is 13.1. The van der Waals surface area contributed by atoms with Crippen LogP contribution in [-0.4, -0.2) is 53.5 Å². The van der Waals surface area contributed by atoms with E-state index in [-0.39, 0.29) is 12.1 Å². The number of nitrogens with one attached hydrogen (secondary N) is 1. The zero-order chi connectivity index (χ0) is 13.1. The molecule has 0 bridgehead atoms. The number of aliphatic hydroxyl groups is 1. The smallest absolute Gasteiger partial charge is 0.410 e. The highest BCUT2D eigenvalue weighted by atomic mass is 16.6. The van der Waals surface area contributed by atoms with Gasteiger partial charge in [-0.25, -0.2) is 4.79 Å². The Kier molecular flexibility index (Phi) is 4.77. The van der Waals surface area contributed by atoms with Gasteiger partial charge in [-0.05, 0) is 33.7 Å². The van der Waals surface area contributed by atoms with Gasteiger partial charge in [0.2, 0.25) is 0 Å². The van der Waals surface area contributed by atoms with Gasteiger partial charge < -0.3 is 20.1 Å². The minimum absolute atomic E-state index is 0.0394. The number of β-amino-alcohol motifs (C(OH)–C–C–N with tert-alkyl or cyclic N) is 1. The SMILES string of the molecule is CCCN[C@@H]1CN(C(=O)OC(C)(C)C)C[C@H]1O. The molecule has 1 fully saturated rings. The largest absolute Gasteiger partial charge is 0.444 e. The highest BCUT2D eigenvalue weighted by molar-refractivity contribution is 5.68. The van der Waals surface area contributed by atoms with E-state index in [0.29, 0.717) is 13.1 Å². The molecule has 2 atom stereocenters. The van der Waals surface area contributed by atoms with Crippen LogP contribution < -0.4 is 5.32 Å². The number of ether oxygens (including phenoxy) is 1. The number of likely N-dealkylation sites (tertiary alicyclic amines) is 1. The van der Waals surface area contributed by atoms with Crippen molar-refractivity contribution < 1.29 is 14.6 Å². The first-order valence-corrected chi connectivity index (χ1v) is 6.23. The summed E-state index contributed by atoms with van der Waals surface area (Å²) in [5.74, 6) is 0. The molecule has 0 aromatic heterocycles. The monoisotopic (exact) mass is 244 g/mol. The molecule has 1 heterocycles. The molecule has 0 aliphatic carbocycles. The molecule has 0 spiro atoms. The predicted octanol–water partition coefficient (Wildman–Crippen LogP) is 0.966. The first-order chi connectivity index (χ1) is 7.83. The second-order valence-corrected chi connectivity index (χ2v) is 5.51. The Balaban J connectivity index is 2.45. The van der Waals surface area contributed by atoms with Crippen LogP contribution in [0.25, 0.3) is 0 Å². The molecule has 2 N–H and O–H groups in total. The molecule has 0 aromatic rings.